The first-order valence-electron chi connectivity index (χ1n) is 5.12. The molecule has 1 unspecified atom stereocenters. The van der Waals surface area contributed by atoms with Gasteiger partial charge in [0.2, 0.25) is 0 Å². The molecule has 0 amide bonds. The largest absolute Gasteiger partial charge is 0.329 e. The van der Waals surface area contributed by atoms with E-state index in [-0.39, 0.29) is 0 Å². The Balaban J connectivity index is 2.58. The van der Waals surface area contributed by atoms with Crippen molar-refractivity contribution < 1.29 is 0 Å². The molecule has 0 aromatic heterocycles. The molecule has 78 valence electrons. The van der Waals surface area contributed by atoms with Gasteiger partial charge in [0.25, 0.3) is 0 Å². The van der Waals surface area contributed by atoms with Crippen molar-refractivity contribution in [3.8, 4) is 0 Å². The van der Waals surface area contributed by atoms with E-state index in [2.05, 4.69) is 44.3 Å². The van der Waals surface area contributed by atoms with Crippen molar-refractivity contribution in [3.63, 3.8) is 0 Å². The van der Waals surface area contributed by atoms with Crippen LogP contribution in [0.15, 0.2) is 18.2 Å². The fourth-order valence-corrected chi connectivity index (χ4v) is 1.55. The molecule has 3 N–H and O–H groups in total. The van der Waals surface area contributed by atoms with Gasteiger partial charge >= 0.3 is 0 Å². The Hall–Kier alpha value is -0.860. The fourth-order valence-electron chi connectivity index (χ4n) is 1.55. The van der Waals surface area contributed by atoms with Gasteiger partial charge in [-0.1, -0.05) is 29.3 Å². The highest BCUT2D eigenvalue weighted by atomic mass is 14.9. The summed E-state index contributed by atoms with van der Waals surface area (Å²) in [5, 5.41) is 3.38. The summed E-state index contributed by atoms with van der Waals surface area (Å²) in [5.74, 6) is 0. The Morgan fingerprint density at radius 1 is 1.21 bits per heavy atom. The molecule has 14 heavy (non-hydrogen) atoms. The number of nitrogens with two attached hydrogens (primary N) is 1. The maximum absolute atomic E-state index is 5.53. The lowest BCUT2D eigenvalue weighted by atomic mass is 10.1. The molecule has 1 atom stereocenters. The van der Waals surface area contributed by atoms with Crippen molar-refractivity contribution in [2.24, 2.45) is 5.73 Å². The summed E-state index contributed by atoms with van der Waals surface area (Å²) in [7, 11) is 0. The molecule has 2 nitrogen and oxygen atoms in total. The Kier molecular flexibility index (Phi) is 4.11. The third-order valence-corrected chi connectivity index (χ3v) is 2.29. The molecular formula is C12H20N2. The van der Waals surface area contributed by atoms with Crippen LogP contribution in [0.2, 0.25) is 0 Å². The van der Waals surface area contributed by atoms with Gasteiger partial charge in [0.05, 0.1) is 0 Å². The van der Waals surface area contributed by atoms with Gasteiger partial charge in [0.1, 0.15) is 0 Å². The van der Waals surface area contributed by atoms with Crippen LogP contribution in [0.5, 0.6) is 0 Å². The zero-order valence-corrected chi connectivity index (χ0v) is 9.30. The van der Waals surface area contributed by atoms with Crippen molar-refractivity contribution in [2.45, 2.75) is 33.4 Å². The van der Waals surface area contributed by atoms with Crippen LogP contribution in [-0.4, -0.2) is 12.6 Å². The third-order valence-electron chi connectivity index (χ3n) is 2.29. The minimum atomic E-state index is 0.385. The third kappa shape index (κ3) is 3.48. The van der Waals surface area contributed by atoms with Crippen molar-refractivity contribution in [3.05, 3.63) is 34.9 Å². The van der Waals surface area contributed by atoms with E-state index in [0.717, 1.165) is 6.54 Å². The zero-order valence-electron chi connectivity index (χ0n) is 9.30. The molecule has 1 rings (SSSR count). The van der Waals surface area contributed by atoms with Crippen LogP contribution in [0, 0.1) is 13.8 Å². The summed E-state index contributed by atoms with van der Waals surface area (Å²) in [4.78, 5) is 0. The first-order valence-corrected chi connectivity index (χ1v) is 5.12. The normalized spacial score (nSPS) is 12.9. The smallest absolute Gasteiger partial charge is 0.0208 e. The number of hydrogen-bond donors (Lipinski definition) is 2. The molecule has 0 spiro atoms. The van der Waals surface area contributed by atoms with E-state index in [9.17, 15) is 0 Å². The average molecular weight is 192 g/mol. The molecule has 0 aliphatic rings. The molecule has 0 heterocycles. The summed E-state index contributed by atoms with van der Waals surface area (Å²) in [6.07, 6.45) is 0. The summed E-state index contributed by atoms with van der Waals surface area (Å²) in [6, 6.07) is 7.00. The van der Waals surface area contributed by atoms with Gasteiger partial charge in [-0.05, 0) is 26.3 Å². The second kappa shape index (κ2) is 5.13. The molecule has 0 aliphatic carbocycles. The van der Waals surface area contributed by atoms with E-state index in [1.54, 1.807) is 0 Å². The fraction of sp³-hybridized carbons (Fsp3) is 0.500. The van der Waals surface area contributed by atoms with E-state index >= 15 is 0 Å². The second-order valence-electron chi connectivity index (χ2n) is 4.01. The van der Waals surface area contributed by atoms with Crippen LogP contribution in [-0.2, 0) is 6.54 Å². The van der Waals surface area contributed by atoms with E-state index < -0.39 is 0 Å². The Morgan fingerprint density at radius 2 is 1.79 bits per heavy atom. The van der Waals surface area contributed by atoms with Gasteiger partial charge in [0, 0.05) is 19.1 Å². The minimum absolute atomic E-state index is 0.385. The van der Waals surface area contributed by atoms with Crippen LogP contribution in [0.4, 0.5) is 0 Å². The van der Waals surface area contributed by atoms with Gasteiger partial charge < -0.3 is 11.1 Å². The van der Waals surface area contributed by atoms with E-state index in [0.29, 0.717) is 12.6 Å². The van der Waals surface area contributed by atoms with Crippen molar-refractivity contribution in [1.82, 2.24) is 5.32 Å². The molecular weight excluding hydrogens is 172 g/mol. The number of aryl methyl sites for hydroxylation is 2. The van der Waals surface area contributed by atoms with Crippen molar-refractivity contribution in [2.75, 3.05) is 6.54 Å². The lowest BCUT2D eigenvalue weighted by Crippen LogP contribution is -2.32. The number of nitrogens with one attached hydrogen (secondary N) is 1. The summed E-state index contributed by atoms with van der Waals surface area (Å²) >= 11 is 0. The lowest BCUT2D eigenvalue weighted by molar-refractivity contribution is 0.556. The zero-order chi connectivity index (χ0) is 10.6. The number of rotatable bonds is 4. The maximum Gasteiger partial charge on any atom is 0.0208 e. The summed E-state index contributed by atoms with van der Waals surface area (Å²) in [5.41, 5.74) is 9.51. The number of hydrogen-bond acceptors (Lipinski definition) is 2. The molecule has 1 aromatic rings. The first kappa shape index (κ1) is 11.2. The van der Waals surface area contributed by atoms with Crippen LogP contribution >= 0.6 is 0 Å². The highest BCUT2D eigenvalue weighted by Gasteiger charge is 1.99. The number of benzene rings is 1. The van der Waals surface area contributed by atoms with Crippen molar-refractivity contribution in [1.29, 1.82) is 0 Å². The molecule has 1 aromatic carbocycles. The van der Waals surface area contributed by atoms with Gasteiger partial charge in [-0.2, -0.15) is 0 Å². The molecule has 0 fully saturated rings. The molecule has 0 radical (unpaired) electrons. The Labute approximate surface area is 86.5 Å². The Bertz CT molecular complexity index is 274. The first-order chi connectivity index (χ1) is 6.61. The molecule has 0 saturated heterocycles. The van der Waals surface area contributed by atoms with Gasteiger partial charge in [-0.15, -0.1) is 0 Å². The maximum atomic E-state index is 5.53. The van der Waals surface area contributed by atoms with E-state index in [1.165, 1.54) is 16.7 Å². The summed E-state index contributed by atoms with van der Waals surface area (Å²) < 4.78 is 0. The molecule has 2 heteroatoms. The van der Waals surface area contributed by atoms with E-state index in [4.69, 9.17) is 5.73 Å². The van der Waals surface area contributed by atoms with Gasteiger partial charge in [-0.3, -0.25) is 0 Å². The second-order valence-corrected chi connectivity index (χ2v) is 4.01. The predicted octanol–water partition coefficient (Wildman–Crippen LogP) is 1.74. The predicted molar refractivity (Wildman–Crippen MR) is 61.3 cm³/mol. The van der Waals surface area contributed by atoms with Gasteiger partial charge in [0.15, 0.2) is 0 Å². The Morgan fingerprint density at radius 3 is 2.29 bits per heavy atom. The van der Waals surface area contributed by atoms with Crippen LogP contribution < -0.4 is 11.1 Å². The quantitative estimate of drug-likeness (QED) is 0.762. The van der Waals surface area contributed by atoms with Crippen LogP contribution in [0.3, 0.4) is 0 Å². The lowest BCUT2D eigenvalue weighted by Gasteiger charge is -2.12. The SMILES string of the molecule is Cc1cc(C)cc(CNC(C)CN)c1. The molecule has 0 saturated carbocycles. The molecule has 0 aliphatic heterocycles. The summed E-state index contributed by atoms with van der Waals surface area (Å²) in [6.45, 7) is 7.94. The highest BCUT2D eigenvalue weighted by molar-refractivity contribution is 5.28. The topological polar surface area (TPSA) is 38.0 Å². The molecule has 0 bridgehead atoms. The van der Waals surface area contributed by atoms with Crippen LogP contribution in [0.25, 0.3) is 0 Å². The van der Waals surface area contributed by atoms with E-state index in [1.807, 2.05) is 0 Å². The monoisotopic (exact) mass is 192 g/mol. The van der Waals surface area contributed by atoms with Crippen LogP contribution in [0.1, 0.15) is 23.6 Å². The standard InChI is InChI=1S/C12H20N2/c1-9-4-10(2)6-12(5-9)8-14-11(3)7-13/h4-6,11,14H,7-8,13H2,1-3H3. The minimum Gasteiger partial charge on any atom is -0.329 e. The van der Waals surface area contributed by atoms with Crippen molar-refractivity contribution >= 4 is 0 Å². The average Bonchev–Trinajstić information content (AvgIpc) is 2.12. The highest BCUT2D eigenvalue weighted by Crippen LogP contribution is 2.08. The van der Waals surface area contributed by atoms with Gasteiger partial charge in [-0.25, -0.2) is 0 Å².